The topological polar surface area (TPSA) is 70.3 Å². The van der Waals surface area contributed by atoms with Crippen LogP contribution in [0.4, 0.5) is 5.69 Å². The number of hydrogen-bond acceptors (Lipinski definition) is 5. The maximum atomic E-state index is 11.8. The number of piperidine rings is 1. The second-order valence-electron chi connectivity index (χ2n) is 7.86. The molecule has 2 heterocycles. The number of rotatable bonds is 9. The zero-order valence-electron chi connectivity index (χ0n) is 18.6. The Morgan fingerprint density at radius 2 is 2.00 bits per heavy atom. The molecule has 0 aliphatic carbocycles. The summed E-state index contributed by atoms with van der Waals surface area (Å²) in [6.07, 6.45) is 5.06. The number of ether oxygens (including phenoxy) is 1. The van der Waals surface area contributed by atoms with Crippen molar-refractivity contribution < 1.29 is 13.9 Å². The van der Waals surface area contributed by atoms with E-state index in [1.165, 1.54) is 12.8 Å². The number of carbonyl (C=O) groups is 1. The fourth-order valence-corrected chi connectivity index (χ4v) is 3.82. The summed E-state index contributed by atoms with van der Waals surface area (Å²) < 4.78 is 10.3. The maximum Gasteiger partial charge on any atom is 0.308 e. The highest BCUT2D eigenvalue weighted by Crippen LogP contribution is 2.18. The van der Waals surface area contributed by atoms with Crippen LogP contribution >= 0.6 is 0 Å². The molecule has 3 rings (SSSR count). The highest BCUT2D eigenvalue weighted by Gasteiger charge is 2.27. The quantitative estimate of drug-likeness (QED) is 0.287. The zero-order chi connectivity index (χ0) is 21.9. The highest BCUT2D eigenvalue weighted by molar-refractivity contribution is 5.80. The average Bonchev–Trinajstić information content (AvgIpc) is 3.34. The van der Waals surface area contributed by atoms with Gasteiger partial charge in [-0.2, -0.15) is 0 Å². The minimum atomic E-state index is -0.104. The molecule has 1 aromatic heterocycles. The van der Waals surface area contributed by atoms with Gasteiger partial charge in [0, 0.05) is 51.9 Å². The molecule has 1 aliphatic heterocycles. The van der Waals surface area contributed by atoms with Crippen molar-refractivity contribution in [3.63, 3.8) is 0 Å². The molecule has 1 fully saturated rings. The Hall–Kier alpha value is -2.96. The number of methoxy groups -OCH3 is 1. The van der Waals surface area contributed by atoms with Crippen LogP contribution in [0.1, 0.15) is 25.0 Å². The summed E-state index contributed by atoms with van der Waals surface area (Å²) in [5, 5.41) is 3.49. The van der Waals surface area contributed by atoms with Gasteiger partial charge in [0.1, 0.15) is 5.76 Å². The molecule has 0 saturated carbocycles. The summed E-state index contributed by atoms with van der Waals surface area (Å²) in [6, 6.07) is 14.3. The fraction of sp³-hybridized carbons (Fsp3) is 0.500. The van der Waals surface area contributed by atoms with E-state index in [-0.39, 0.29) is 11.9 Å². The molecule has 1 aliphatic rings. The third-order valence-corrected chi connectivity index (χ3v) is 5.67. The summed E-state index contributed by atoms with van der Waals surface area (Å²) in [5.41, 5.74) is 1.22. The van der Waals surface area contributed by atoms with Crippen LogP contribution in [0.25, 0.3) is 0 Å². The van der Waals surface area contributed by atoms with Gasteiger partial charge < -0.3 is 24.3 Å². The Labute approximate surface area is 185 Å². The normalized spacial score (nSPS) is 15.0. The molecular weight excluding hydrogens is 392 g/mol. The van der Waals surface area contributed by atoms with Gasteiger partial charge in [0.05, 0.1) is 19.3 Å². The number of anilines is 1. The third kappa shape index (κ3) is 7.05. The van der Waals surface area contributed by atoms with E-state index in [1.807, 2.05) is 18.2 Å². The van der Waals surface area contributed by atoms with Gasteiger partial charge in [-0.05, 0) is 43.5 Å². The van der Waals surface area contributed by atoms with Crippen LogP contribution in [0.15, 0.2) is 58.1 Å². The molecule has 0 amide bonds. The molecule has 0 radical (unpaired) electrons. The Balaban J connectivity index is 1.52. The standard InChI is InChI=1S/C24H34N4O3/c1-27(21-8-4-3-5-9-21)16-7-14-25-24(26-15-11-22-10-6-19-31-22)28-17-12-20(13-18-28)23(29)30-2/h3-6,8-10,19-20H,7,11-18H2,1-2H3,(H,25,26). The van der Waals surface area contributed by atoms with E-state index < -0.39 is 0 Å². The smallest absolute Gasteiger partial charge is 0.308 e. The molecule has 31 heavy (non-hydrogen) atoms. The number of nitrogens with one attached hydrogen (secondary N) is 1. The van der Waals surface area contributed by atoms with Gasteiger partial charge in [-0.1, -0.05) is 18.2 Å². The number of hydrogen-bond donors (Lipinski definition) is 1. The summed E-state index contributed by atoms with van der Waals surface area (Å²) in [7, 11) is 3.57. The lowest BCUT2D eigenvalue weighted by atomic mass is 9.97. The SMILES string of the molecule is COC(=O)C1CCN(C(=NCCCN(C)c2ccccc2)NCCc2ccco2)CC1. The molecule has 7 nitrogen and oxygen atoms in total. The summed E-state index contributed by atoms with van der Waals surface area (Å²) in [4.78, 5) is 21.2. The van der Waals surface area contributed by atoms with E-state index in [0.29, 0.717) is 0 Å². The Kier molecular flexibility index (Phi) is 8.82. The summed E-state index contributed by atoms with van der Waals surface area (Å²) >= 11 is 0. The second-order valence-corrected chi connectivity index (χ2v) is 7.86. The van der Waals surface area contributed by atoms with Gasteiger partial charge >= 0.3 is 5.97 Å². The number of para-hydroxylation sites is 1. The molecule has 0 atom stereocenters. The first kappa shape index (κ1) is 22.7. The lowest BCUT2D eigenvalue weighted by Gasteiger charge is -2.33. The Morgan fingerprint density at radius 1 is 1.23 bits per heavy atom. The van der Waals surface area contributed by atoms with Crippen molar-refractivity contribution in [2.45, 2.75) is 25.7 Å². The molecule has 7 heteroatoms. The molecule has 1 N–H and O–H groups in total. The minimum absolute atomic E-state index is 0.00913. The van der Waals surface area contributed by atoms with Crippen molar-refractivity contribution in [2.75, 3.05) is 51.8 Å². The lowest BCUT2D eigenvalue weighted by Crippen LogP contribution is -2.47. The average molecular weight is 427 g/mol. The second kappa shape index (κ2) is 12.0. The highest BCUT2D eigenvalue weighted by atomic mass is 16.5. The number of aliphatic imine (C=N–C) groups is 1. The lowest BCUT2D eigenvalue weighted by molar-refractivity contribution is -0.146. The predicted octanol–water partition coefficient (Wildman–Crippen LogP) is 3.18. The van der Waals surface area contributed by atoms with Crippen LogP contribution in [0.3, 0.4) is 0 Å². The maximum absolute atomic E-state index is 11.8. The number of guanidine groups is 1. The summed E-state index contributed by atoms with van der Waals surface area (Å²) in [6.45, 7) is 4.05. The monoisotopic (exact) mass is 426 g/mol. The van der Waals surface area contributed by atoms with Crippen LogP contribution < -0.4 is 10.2 Å². The van der Waals surface area contributed by atoms with E-state index in [1.54, 1.807) is 6.26 Å². The number of benzene rings is 1. The van der Waals surface area contributed by atoms with Gasteiger partial charge in [0.25, 0.3) is 0 Å². The molecule has 0 bridgehead atoms. The number of carbonyl (C=O) groups excluding carboxylic acids is 1. The fourth-order valence-electron chi connectivity index (χ4n) is 3.82. The van der Waals surface area contributed by atoms with Gasteiger partial charge in [-0.25, -0.2) is 0 Å². The number of nitrogens with zero attached hydrogens (tertiary/aromatic N) is 3. The van der Waals surface area contributed by atoms with Crippen molar-refractivity contribution in [2.24, 2.45) is 10.9 Å². The van der Waals surface area contributed by atoms with Gasteiger partial charge in [0.15, 0.2) is 5.96 Å². The summed E-state index contributed by atoms with van der Waals surface area (Å²) in [5.74, 6) is 1.76. The van der Waals surface area contributed by atoms with Crippen LogP contribution in [-0.4, -0.2) is 63.7 Å². The molecule has 0 unspecified atom stereocenters. The number of furan rings is 1. The Morgan fingerprint density at radius 3 is 2.68 bits per heavy atom. The van der Waals surface area contributed by atoms with Crippen molar-refractivity contribution in [1.29, 1.82) is 0 Å². The van der Waals surface area contributed by atoms with Crippen molar-refractivity contribution in [3.05, 3.63) is 54.5 Å². The molecule has 1 saturated heterocycles. The third-order valence-electron chi connectivity index (χ3n) is 5.67. The predicted molar refractivity (Wildman–Crippen MR) is 123 cm³/mol. The largest absolute Gasteiger partial charge is 0.469 e. The Bertz CT molecular complexity index is 799. The molecular formula is C24H34N4O3. The van der Waals surface area contributed by atoms with Crippen molar-refractivity contribution in [1.82, 2.24) is 10.2 Å². The van der Waals surface area contributed by atoms with E-state index in [9.17, 15) is 4.79 Å². The van der Waals surface area contributed by atoms with Crippen LogP contribution in [0, 0.1) is 5.92 Å². The van der Waals surface area contributed by atoms with Crippen LogP contribution in [0.2, 0.25) is 0 Å². The molecule has 2 aromatic rings. The van der Waals surface area contributed by atoms with E-state index in [2.05, 4.69) is 46.4 Å². The molecule has 0 spiro atoms. The van der Waals surface area contributed by atoms with E-state index in [4.69, 9.17) is 14.1 Å². The zero-order valence-corrected chi connectivity index (χ0v) is 18.6. The minimum Gasteiger partial charge on any atom is -0.469 e. The first-order chi connectivity index (χ1) is 15.2. The van der Waals surface area contributed by atoms with Gasteiger partial charge in [0.2, 0.25) is 0 Å². The van der Waals surface area contributed by atoms with E-state index in [0.717, 1.165) is 70.1 Å². The van der Waals surface area contributed by atoms with Crippen LogP contribution in [-0.2, 0) is 16.0 Å². The number of likely N-dealkylation sites (tertiary alicyclic amines) is 1. The first-order valence-corrected chi connectivity index (χ1v) is 11.1. The molecule has 1 aromatic carbocycles. The first-order valence-electron chi connectivity index (χ1n) is 11.1. The molecule has 168 valence electrons. The van der Waals surface area contributed by atoms with Crippen molar-refractivity contribution >= 4 is 17.6 Å². The van der Waals surface area contributed by atoms with Crippen molar-refractivity contribution in [3.8, 4) is 0 Å². The number of esters is 1. The van der Waals surface area contributed by atoms with Gasteiger partial charge in [-0.15, -0.1) is 0 Å². The van der Waals surface area contributed by atoms with E-state index >= 15 is 0 Å². The van der Waals surface area contributed by atoms with Crippen LogP contribution in [0.5, 0.6) is 0 Å². The van der Waals surface area contributed by atoms with Gasteiger partial charge in [-0.3, -0.25) is 9.79 Å².